The smallest absolute Gasteiger partial charge is 0.233 e. The summed E-state index contributed by atoms with van der Waals surface area (Å²) in [5.74, 6) is 0.746. The first kappa shape index (κ1) is 15.2. The predicted octanol–water partition coefficient (Wildman–Crippen LogP) is 3.46. The summed E-state index contributed by atoms with van der Waals surface area (Å²) in [6.07, 6.45) is 3.48. The van der Waals surface area contributed by atoms with Crippen LogP contribution in [-0.2, 0) is 4.79 Å². The Hall–Kier alpha value is -1.16. The van der Waals surface area contributed by atoms with E-state index in [-0.39, 0.29) is 5.91 Å². The number of hydrogen-bond acceptors (Lipinski definition) is 3. The van der Waals surface area contributed by atoms with Crippen molar-refractivity contribution in [3.63, 3.8) is 0 Å². The minimum absolute atomic E-state index is 0.247. The highest BCUT2D eigenvalue weighted by atomic mass is 32.2. The second-order valence-electron chi connectivity index (χ2n) is 5.69. The summed E-state index contributed by atoms with van der Waals surface area (Å²) in [6.45, 7) is 6.32. The number of thioether (sulfide) groups is 1. The molecule has 2 N–H and O–H groups in total. The number of nitrogens with zero attached hydrogens (tertiary/aromatic N) is 1. The Morgan fingerprint density at radius 1 is 1.35 bits per heavy atom. The lowest BCUT2D eigenvalue weighted by Crippen LogP contribution is -2.48. The lowest BCUT2D eigenvalue weighted by molar-refractivity contribution is -0.134. The van der Waals surface area contributed by atoms with Gasteiger partial charge in [0.15, 0.2) is 0 Å². The van der Waals surface area contributed by atoms with Crippen LogP contribution in [0.4, 0.5) is 5.69 Å². The topological polar surface area (TPSA) is 46.3 Å². The number of anilines is 1. The summed E-state index contributed by atoms with van der Waals surface area (Å²) < 4.78 is 0. The molecule has 1 aromatic carbocycles. The molecule has 0 aromatic heterocycles. The second-order valence-corrected chi connectivity index (χ2v) is 6.71. The molecule has 3 nitrogen and oxygen atoms in total. The van der Waals surface area contributed by atoms with Gasteiger partial charge in [-0.2, -0.15) is 0 Å². The van der Waals surface area contributed by atoms with Crippen LogP contribution >= 0.6 is 11.8 Å². The van der Waals surface area contributed by atoms with Gasteiger partial charge in [-0.3, -0.25) is 4.79 Å². The van der Waals surface area contributed by atoms with Crippen molar-refractivity contribution in [2.24, 2.45) is 0 Å². The lowest BCUT2D eigenvalue weighted by Gasteiger charge is -2.39. The van der Waals surface area contributed by atoms with Gasteiger partial charge in [-0.15, -0.1) is 11.8 Å². The molecule has 0 radical (unpaired) electrons. The SMILES string of the molecule is Cc1c(N)cccc1SCC(=O)N1C(C)CCCC1C. The van der Waals surface area contributed by atoms with E-state index in [1.807, 2.05) is 25.1 Å². The molecule has 2 atom stereocenters. The molecule has 0 spiro atoms. The summed E-state index contributed by atoms with van der Waals surface area (Å²) in [5.41, 5.74) is 7.77. The highest BCUT2D eigenvalue weighted by molar-refractivity contribution is 8.00. The number of amides is 1. The van der Waals surface area contributed by atoms with E-state index in [9.17, 15) is 4.79 Å². The summed E-state index contributed by atoms with van der Waals surface area (Å²) in [5, 5.41) is 0. The zero-order valence-electron chi connectivity index (χ0n) is 12.6. The third-order valence-electron chi connectivity index (χ3n) is 4.16. The molecular formula is C16H24N2OS. The fourth-order valence-electron chi connectivity index (χ4n) is 2.91. The fraction of sp³-hybridized carbons (Fsp3) is 0.562. The first-order chi connectivity index (χ1) is 9.50. The van der Waals surface area contributed by atoms with Crippen molar-refractivity contribution in [2.75, 3.05) is 11.5 Å². The van der Waals surface area contributed by atoms with Crippen LogP contribution in [0.25, 0.3) is 0 Å². The van der Waals surface area contributed by atoms with Crippen molar-refractivity contribution < 1.29 is 4.79 Å². The number of benzene rings is 1. The van der Waals surface area contributed by atoms with E-state index in [2.05, 4.69) is 18.7 Å². The molecule has 0 bridgehead atoms. The number of piperidine rings is 1. The largest absolute Gasteiger partial charge is 0.398 e. The molecular weight excluding hydrogens is 268 g/mol. The van der Waals surface area contributed by atoms with Gasteiger partial charge < -0.3 is 10.6 Å². The van der Waals surface area contributed by atoms with Crippen LogP contribution < -0.4 is 5.73 Å². The van der Waals surface area contributed by atoms with Crippen molar-refractivity contribution in [1.82, 2.24) is 4.90 Å². The quantitative estimate of drug-likeness (QED) is 0.685. The Bertz CT molecular complexity index is 479. The molecule has 4 heteroatoms. The van der Waals surface area contributed by atoms with Crippen LogP contribution in [-0.4, -0.2) is 28.6 Å². The summed E-state index contributed by atoms with van der Waals surface area (Å²) in [6, 6.07) is 6.62. The Kier molecular flexibility index (Phi) is 4.97. The number of carbonyl (C=O) groups excluding carboxylic acids is 1. The van der Waals surface area contributed by atoms with Crippen molar-refractivity contribution in [3.8, 4) is 0 Å². The standard InChI is InChI=1S/C16H24N2OS/c1-11-6-4-7-12(2)18(11)16(19)10-20-15-9-5-8-14(17)13(15)3/h5,8-9,11-12H,4,6-7,10,17H2,1-3H3. The van der Waals surface area contributed by atoms with Gasteiger partial charge in [0.1, 0.15) is 0 Å². The van der Waals surface area contributed by atoms with Crippen molar-refractivity contribution in [1.29, 1.82) is 0 Å². The first-order valence-corrected chi connectivity index (χ1v) is 8.28. The van der Waals surface area contributed by atoms with Crippen LogP contribution in [0.3, 0.4) is 0 Å². The molecule has 1 saturated heterocycles. The second kappa shape index (κ2) is 6.53. The Morgan fingerprint density at radius 3 is 2.65 bits per heavy atom. The van der Waals surface area contributed by atoms with Crippen LogP contribution in [0.2, 0.25) is 0 Å². The highest BCUT2D eigenvalue weighted by Crippen LogP contribution is 2.28. The van der Waals surface area contributed by atoms with E-state index >= 15 is 0 Å². The third-order valence-corrected chi connectivity index (χ3v) is 5.30. The number of carbonyl (C=O) groups is 1. The van der Waals surface area contributed by atoms with Gasteiger partial charge in [0, 0.05) is 22.7 Å². The van der Waals surface area contributed by atoms with Gasteiger partial charge >= 0.3 is 0 Å². The molecule has 1 aliphatic heterocycles. The van der Waals surface area contributed by atoms with Crippen molar-refractivity contribution in [2.45, 2.75) is 57.0 Å². The van der Waals surface area contributed by atoms with Crippen LogP contribution in [0.1, 0.15) is 38.7 Å². The van der Waals surface area contributed by atoms with Crippen molar-refractivity contribution >= 4 is 23.4 Å². The van der Waals surface area contributed by atoms with Gasteiger partial charge in [-0.05, 0) is 57.7 Å². The Labute approximate surface area is 125 Å². The van der Waals surface area contributed by atoms with E-state index in [4.69, 9.17) is 5.73 Å². The molecule has 110 valence electrons. The normalized spacial score (nSPS) is 22.9. The number of likely N-dealkylation sites (tertiary alicyclic amines) is 1. The zero-order chi connectivity index (χ0) is 14.7. The van der Waals surface area contributed by atoms with E-state index in [1.165, 1.54) is 6.42 Å². The maximum absolute atomic E-state index is 12.5. The zero-order valence-corrected chi connectivity index (χ0v) is 13.4. The highest BCUT2D eigenvalue weighted by Gasteiger charge is 2.28. The number of nitrogens with two attached hydrogens (primary N) is 1. The average Bonchev–Trinajstić information content (AvgIpc) is 2.40. The first-order valence-electron chi connectivity index (χ1n) is 7.29. The van der Waals surface area contributed by atoms with Gasteiger partial charge in [0.25, 0.3) is 0 Å². The third kappa shape index (κ3) is 3.29. The Morgan fingerprint density at radius 2 is 2.00 bits per heavy atom. The average molecular weight is 292 g/mol. The molecule has 0 aliphatic carbocycles. The number of hydrogen-bond donors (Lipinski definition) is 1. The monoisotopic (exact) mass is 292 g/mol. The van der Waals surface area contributed by atoms with Crippen molar-refractivity contribution in [3.05, 3.63) is 23.8 Å². The molecule has 1 fully saturated rings. The molecule has 0 saturated carbocycles. The molecule has 1 amide bonds. The van der Waals surface area contributed by atoms with E-state index in [0.29, 0.717) is 17.8 Å². The molecule has 20 heavy (non-hydrogen) atoms. The minimum Gasteiger partial charge on any atom is -0.398 e. The summed E-state index contributed by atoms with van der Waals surface area (Å²) >= 11 is 1.60. The molecule has 1 aliphatic rings. The van der Waals surface area contributed by atoms with E-state index in [1.54, 1.807) is 11.8 Å². The van der Waals surface area contributed by atoms with Crippen LogP contribution in [0, 0.1) is 6.92 Å². The van der Waals surface area contributed by atoms with Gasteiger partial charge in [-0.25, -0.2) is 0 Å². The number of nitrogen functional groups attached to an aromatic ring is 1. The van der Waals surface area contributed by atoms with Gasteiger partial charge in [0.2, 0.25) is 5.91 Å². The number of rotatable bonds is 3. The maximum Gasteiger partial charge on any atom is 0.233 e. The lowest BCUT2D eigenvalue weighted by atomic mass is 9.98. The van der Waals surface area contributed by atoms with Gasteiger partial charge in [-0.1, -0.05) is 6.07 Å². The molecule has 1 aromatic rings. The summed E-state index contributed by atoms with van der Waals surface area (Å²) in [7, 11) is 0. The minimum atomic E-state index is 0.247. The van der Waals surface area contributed by atoms with Crippen LogP contribution in [0.15, 0.2) is 23.1 Å². The maximum atomic E-state index is 12.5. The van der Waals surface area contributed by atoms with E-state index in [0.717, 1.165) is 29.0 Å². The predicted molar refractivity (Wildman–Crippen MR) is 85.9 cm³/mol. The van der Waals surface area contributed by atoms with Gasteiger partial charge in [0.05, 0.1) is 5.75 Å². The molecule has 2 rings (SSSR count). The molecule has 1 heterocycles. The van der Waals surface area contributed by atoms with Crippen LogP contribution in [0.5, 0.6) is 0 Å². The Balaban J connectivity index is 1.99. The fourth-order valence-corrected chi connectivity index (χ4v) is 3.85. The molecule has 2 unspecified atom stereocenters. The van der Waals surface area contributed by atoms with E-state index < -0.39 is 0 Å². The summed E-state index contributed by atoms with van der Waals surface area (Å²) in [4.78, 5) is 15.6.